The summed E-state index contributed by atoms with van der Waals surface area (Å²) in [5, 5.41) is 3.64. The molecule has 76 valence electrons. The number of nitrogens with one attached hydrogen (secondary N) is 1. The van der Waals surface area contributed by atoms with Crippen molar-refractivity contribution in [3.63, 3.8) is 0 Å². The van der Waals surface area contributed by atoms with E-state index in [1.807, 2.05) is 0 Å². The molecule has 0 aromatic heterocycles. The van der Waals surface area contributed by atoms with Crippen molar-refractivity contribution < 1.29 is 0 Å². The SMILES string of the molecule is CC(C)CN1CC2CCCNC2C1. The first-order valence-corrected chi connectivity index (χ1v) is 5.71. The van der Waals surface area contributed by atoms with E-state index in [9.17, 15) is 0 Å². The molecule has 0 bridgehead atoms. The van der Waals surface area contributed by atoms with Crippen LogP contribution in [0.25, 0.3) is 0 Å². The van der Waals surface area contributed by atoms with Crippen LogP contribution in [0.3, 0.4) is 0 Å². The molecule has 2 fully saturated rings. The fourth-order valence-corrected chi connectivity index (χ4v) is 2.80. The van der Waals surface area contributed by atoms with Crippen LogP contribution in [-0.2, 0) is 0 Å². The van der Waals surface area contributed by atoms with Crippen molar-refractivity contribution in [3.05, 3.63) is 0 Å². The number of likely N-dealkylation sites (tertiary alicyclic amines) is 1. The van der Waals surface area contributed by atoms with Gasteiger partial charge in [-0.25, -0.2) is 0 Å². The smallest absolute Gasteiger partial charge is 0.0235 e. The summed E-state index contributed by atoms with van der Waals surface area (Å²) >= 11 is 0. The van der Waals surface area contributed by atoms with Crippen molar-refractivity contribution in [3.8, 4) is 0 Å². The van der Waals surface area contributed by atoms with Gasteiger partial charge >= 0.3 is 0 Å². The van der Waals surface area contributed by atoms with E-state index in [1.54, 1.807) is 0 Å². The third kappa shape index (κ3) is 2.23. The number of hydrogen-bond acceptors (Lipinski definition) is 2. The Morgan fingerprint density at radius 1 is 1.38 bits per heavy atom. The summed E-state index contributed by atoms with van der Waals surface area (Å²) in [6, 6.07) is 0.812. The van der Waals surface area contributed by atoms with Gasteiger partial charge in [0.1, 0.15) is 0 Å². The Labute approximate surface area is 81.7 Å². The van der Waals surface area contributed by atoms with Gasteiger partial charge in [-0.2, -0.15) is 0 Å². The lowest BCUT2D eigenvalue weighted by molar-refractivity contribution is 0.285. The highest BCUT2D eigenvalue weighted by Crippen LogP contribution is 2.25. The zero-order valence-corrected chi connectivity index (χ0v) is 8.92. The molecule has 2 heteroatoms. The predicted octanol–water partition coefficient (Wildman–Crippen LogP) is 1.33. The Kier molecular flexibility index (Phi) is 2.89. The van der Waals surface area contributed by atoms with E-state index in [0.29, 0.717) is 0 Å². The lowest BCUT2D eigenvalue weighted by Crippen LogP contribution is -2.40. The number of piperidine rings is 1. The van der Waals surface area contributed by atoms with Crippen molar-refractivity contribution in [2.45, 2.75) is 32.7 Å². The fraction of sp³-hybridized carbons (Fsp3) is 1.00. The standard InChI is InChI=1S/C11H22N2/c1-9(2)6-13-7-10-4-3-5-12-11(10)8-13/h9-12H,3-8H2,1-2H3. The number of hydrogen-bond donors (Lipinski definition) is 1. The Morgan fingerprint density at radius 2 is 2.23 bits per heavy atom. The summed E-state index contributed by atoms with van der Waals surface area (Å²) in [5.41, 5.74) is 0. The van der Waals surface area contributed by atoms with E-state index >= 15 is 0 Å². The van der Waals surface area contributed by atoms with Crippen LogP contribution in [0.4, 0.5) is 0 Å². The van der Waals surface area contributed by atoms with Gasteiger partial charge in [-0.15, -0.1) is 0 Å². The monoisotopic (exact) mass is 182 g/mol. The normalized spacial score (nSPS) is 35.3. The lowest BCUT2D eigenvalue weighted by atomic mass is 9.94. The summed E-state index contributed by atoms with van der Waals surface area (Å²) in [6.45, 7) is 9.80. The molecular formula is C11H22N2. The van der Waals surface area contributed by atoms with E-state index in [-0.39, 0.29) is 0 Å². The molecule has 2 unspecified atom stereocenters. The van der Waals surface area contributed by atoms with Crippen LogP contribution in [-0.4, -0.2) is 37.1 Å². The van der Waals surface area contributed by atoms with Gasteiger partial charge < -0.3 is 10.2 Å². The largest absolute Gasteiger partial charge is 0.312 e. The highest BCUT2D eigenvalue weighted by molar-refractivity contribution is 4.91. The summed E-state index contributed by atoms with van der Waals surface area (Å²) < 4.78 is 0. The van der Waals surface area contributed by atoms with E-state index in [4.69, 9.17) is 0 Å². The molecule has 1 N–H and O–H groups in total. The summed E-state index contributed by atoms with van der Waals surface area (Å²) in [5.74, 6) is 1.77. The van der Waals surface area contributed by atoms with Crippen molar-refractivity contribution in [1.82, 2.24) is 10.2 Å². The molecule has 0 saturated carbocycles. The Balaban J connectivity index is 1.84. The first-order valence-electron chi connectivity index (χ1n) is 5.71. The molecular weight excluding hydrogens is 160 g/mol. The number of rotatable bonds is 2. The number of nitrogens with zero attached hydrogens (tertiary/aromatic N) is 1. The molecule has 2 rings (SSSR count). The fourth-order valence-electron chi connectivity index (χ4n) is 2.80. The second kappa shape index (κ2) is 3.97. The molecule has 2 aliphatic heterocycles. The molecule has 0 aromatic carbocycles. The molecule has 2 saturated heterocycles. The van der Waals surface area contributed by atoms with Crippen LogP contribution >= 0.6 is 0 Å². The maximum absolute atomic E-state index is 3.64. The van der Waals surface area contributed by atoms with E-state index in [0.717, 1.165) is 17.9 Å². The minimum absolute atomic E-state index is 0.812. The van der Waals surface area contributed by atoms with E-state index in [1.165, 1.54) is 39.0 Å². The van der Waals surface area contributed by atoms with Crippen LogP contribution in [0.15, 0.2) is 0 Å². The molecule has 0 amide bonds. The quantitative estimate of drug-likeness (QED) is 0.693. The highest BCUT2D eigenvalue weighted by Gasteiger charge is 2.33. The Morgan fingerprint density at radius 3 is 2.92 bits per heavy atom. The molecule has 0 aliphatic carbocycles. The van der Waals surface area contributed by atoms with Crippen LogP contribution in [0.1, 0.15) is 26.7 Å². The third-order valence-corrected chi connectivity index (χ3v) is 3.30. The van der Waals surface area contributed by atoms with E-state index < -0.39 is 0 Å². The zero-order valence-electron chi connectivity index (χ0n) is 8.92. The van der Waals surface area contributed by atoms with Gasteiger partial charge in [0, 0.05) is 25.7 Å². The van der Waals surface area contributed by atoms with Crippen molar-refractivity contribution >= 4 is 0 Å². The van der Waals surface area contributed by atoms with E-state index in [2.05, 4.69) is 24.1 Å². The molecule has 2 atom stereocenters. The minimum Gasteiger partial charge on any atom is -0.312 e. The maximum atomic E-state index is 3.64. The summed E-state index contributed by atoms with van der Waals surface area (Å²) in [7, 11) is 0. The van der Waals surface area contributed by atoms with Gasteiger partial charge in [-0.3, -0.25) is 0 Å². The van der Waals surface area contributed by atoms with Gasteiger partial charge in [0.05, 0.1) is 0 Å². The molecule has 0 radical (unpaired) electrons. The van der Waals surface area contributed by atoms with Gasteiger partial charge in [-0.05, 0) is 31.2 Å². The third-order valence-electron chi connectivity index (χ3n) is 3.30. The van der Waals surface area contributed by atoms with Gasteiger partial charge in [-0.1, -0.05) is 13.8 Å². The molecule has 2 nitrogen and oxygen atoms in total. The van der Waals surface area contributed by atoms with Gasteiger partial charge in [0.2, 0.25) is 0 Å². The highest BCUT2D eigenvalue weighted by atomic mass is 15.2. The van der Waals surface area contributed by atoms with Crippen LogP contribution in [0.2, 0.25) is 0 Å². The molecule has 0 spiro atoms. The van der Waals surface area contributed by atoms with Crippen LogP contribution < -0.4 is 5.32 Å². The first kappa shape index (κ1) is 9.47. The molecule has 13 heavy (non-hydrogen) atoms. The molecule has 0 aromatic rings. The Hall–Kier alpha value is -0.0800. The van der Waals surface area contributed by atoms with Gasteiger partial charge in [0.15, 0.2) is 0 Å². The minimum atomic E-state index is 0.812. The zero-order chi connectivity index (χ0) is 9.26. The van der Waals surface area contributed by atoms with Gasteiger partial charge in [0.25, 0.3) is 0 Å². The average Bonchev–Trinajstić information content (AvgIpc) is 2.44. The van der Waals surface area contributed by atoms with Crippen LogP contribution in [0, 0.1) is 11.8 Å². The average molecular weight is 182 g/mol. The molecule has 2 aliphatic rings. The van der Waals surface area contributed by atoms with Crippen molar-refractivity contribution in [1.29, 1.82) is 0 Å². The molecule has 2 heterocycles. The van der Waals surface area contributed by atoms with Crippen molar-refractivity contribution in [2.24, 2.45) is 11.8 Å². The summed E-state index contributed by atoms with van der Waals surface area (Å²) in [4.78, 5) is 2.64. The number of fused-ring (bicyclic) bond motifs is 1. The first-order chi connectivity index (χ1) is 6.25. The second-order valence-electron chi connectivity index (χ2n) is 5.08. The van der Waals surface area contributed by atoms with Crippen LogP contribution in [0.5, 0.6) is 0 Å². The maximum Gasteiger partial charge on any atom is 0.0235 e. The van der Waals surface area contributed by atoms with Crippen molar-refractivity contribution in [2.75, 3.05) is 26.2 Å². The second-order valence-corrected chi connectivity index (χ2v) is 5.08. The lowest BCUT2D eigenvalue weighted by Gasteiger charge is -2.24. The topological polar surface area (TPSA) is 15.3 Å². The summed E-state index contributed by atoms with van der Waals surface area (Å²) in [6.07, 6.45) is 2.84. The Bertz CT molecular complexity index is 153. The predicted molar refractivity (Wildman–Crippen MR) is 55.8 cm³/mol.